The van der Waals surface area contributed by atoms with Crippen LogP contribution in [0.1, 0.15) is 30.5 Å². The van der Waals surface area contributed by atoms with Gasteiger partial charge in [0.1, 0.15) is 5.75 Å². The molecule has 0 aliphatic carbocycles. The normalized spacial score (nSPS) is 19.6. The Morgan fingerprint density at radius 2 is 2.13 bits per heavy atom. The average molecular weight is 437 g/mol. The van der Waals surface area contributed by atoms with Gasteiger partial charge in [-0.1, -0.05) is 12.1 Å². The summed E-state index contributed by atoms with van der Waals surface area (Å²) in [6.07, 6.45) is 0. The molecular weight excluding hydrogens is 412 g/mol. The highest BCUT2D eigenvalue weighted by molar-refractivity contribution is 8.01. The molecule has 1 N–H and O–H groups in total. The number of nitrogens with zero attached hydrogens (tertiary/aromatic N) is 3. The van der Waals surface area contributed by atoms with Crippen LogP contribution in [-0.2, 0) is 16.2 Å². The molecule has 1 fully saturated rings. The minimum atomic E-state index is -1.13. The van der Waals surface area contributed by atoms with Crippen molar-refractivity contribution >= 4 is 29.4 Å². The van der Waals surface area contributed by atoms with E-state index in [-0.39, 0.29) is 18.0 Å². The summed E-state index contributed by atoms with van der Waals surface area (Å²) >= 11 is 1.47. The molecular formula is C23H24N4O3S. The second-order valence-electron chi connectivity index (χ2n) is 7.83. The van der Waals surface area contributed by atoms with Crippen LogP contribution in [0.15, 0.2) is 42.5 Å². The maximum atomic E-state index is 13.9. The largest absolute Gasteiger partial charge is 0.497 e. The van der Waals surface area contributed by atoms with Crippen molar-refractivity contribution in [1.82, 2.24) is 10.2 Å². The molecule has 0 radical (unpaired) electrons. The average Bonchev–Trinajstić information content (AvgIpc) is 3.30. The molecule has 2 aliphatic rings. The number of methoxy groups -OCH3 is 1. The number of rotatable bonds is 4. The first-order valence-electron chi connectivity index (χ1n) is 10.1. The quantitative estimate of drug-likeness (QED) is 0.794. The van der Waals surface area contributed by atoms with Gasteiger partial charge >= 0.3 is 6.03 Å². The van der Waals surface area contributed by atoms with Crippen LogP contribution in [0.5, 0.6) is 5.75 Å². The lowest BCUT2D eigenvalue weighted by Gasteiger charge is -2.33. The SMILES string of the molecule is COc1ccc2c(c1)[C@@]1(SCCN1C(=O)NC(C)C)C(=O)N2Cc1cccc(C#N)c1. The number of carbonyl (C=O) groups excluding carboxylic acids is 2. The number of ether oxygens (including phenoxy) is 1. The van der Waals surface area contributed by atoms with Crippen LogP contribution < -0.4 is 15.0 Å². The molecule has 0 aromatic heterocycles. The number of fused-ring (bicyclic) bond motifs is 2. The van der Waals surface area contributed by atoms with Gasteiger partial charge in [-0.25, -0.2) is 4.79 Å². The number of benzene rings is 2. The van der Waals surface area contributed by atoms with Crippen LogP contribution in [0, 0.1) is 11.3 Å². The Labute approximate surface area is 186 Å². The zero-order valence-electron chi connectivity index (χ0n) is 17.7. The molecule has 0 saturated carbocycles. The van der Waals surface area contributed by atoms with Crippen molar-refractivity contribution in [2.24, 2.45) is 0 Å². The van der Waals surface area contributed by atoms with Crippen molar-refractivity contribution in [2.75, 3.05) is 24.3 Å². The van der Waals surface area contributed by atoms with Gasteiger partial charge < -0.3 is 15.0 Å². The molecule has 160 valence electrons. The Balaban J connectivity index is 1.80. The van der Waals surface area contributed by atoms with Crippen molar-refractivity contribution in [3.05, 3.63) is 59.2 Å². The van der Waals surface area contributed by atoms with E-state index in [0.717, 1.165) is 16.8 Å². The van der Waals surface area contributed by atoms with Gasteiger partial charge in [0.2, 0.25) is 0 Å². The summed E-state index contributed by atoms with van der Waals surface area (Å²) in [4.78, 5) is 29.2. The summed E-state index contributed by atoms with van der Waals surface area (Å²) in [5, 5.41) is 12.2. The maximum absolute atomic E-state index is 13.9. The number of amides is 3. The summed E-state index contributed by atoms with van der Waals surface area (Å²) in [5.41, 5.74) is 2.91. The Kier molecular flexibility index (Phi) is 5.54. The first kappa shape index (κ1) is 21.1. The predicted molar refractivity (Wildman–Crippen MR) is 120 cm³/mol. The number of urea groups is 1. The molecule has 7 nitrogen and oxygen atoms in total. The number of nitrogens with one attached hydrogen (secondary N) is 1. The van der Waals surface area contributed by atoms with Crippen molar-refractivity contribution in [1.29, 1.82) is 5.26 Å². The Bertz CT molecular complexity index is 1080. The fraction of sp³-hybridized carbons (Fsp3) is 0.348. The molecule has 1 spiro atoms. The van der Waals surface area contributed by atoms with Gasteiger partial charge in [0.15, 0.2) is 4.87 Å². The second kappa shape index (κ2) is 8.16. The number of thioether (sulfide) groups is 1. The van der Waals surface area contributed by atoms with E-state index in [4.69, 9.17) is 4.74 Å². The van der Waals surface area contributed by atoms with Gasteiger partial charge in [-0.2, -0.15) is 5.26 Å². The Morgan fingerprint density at radius 3 is 2.84 bits per heavy atom. The lowest BCUT2D eigenvalue weighted by Crippen LogP contribution is -2.54. The molecule has 2 aromatic rings. The van der Waals surface area contributed by atoms with Gasteiger partial charge in [0.25, 0.3) is 5.91 Å². The second-order valence-corrected chi connectivity index (χ2v) is 9.12. The summed E-state index contributed by atoms with van der Waals surface area (Å²) in [7, 11) is 1.58. The molecule has 2 aromatic carbocycles. The summed E-state index contributed by atoms with van der Waals surface area (Å²) < 4.78 is 5.43. The van der Waals surface area contributed by atoms with Crippen molar-refractivity contribution in [2.45, 2.75) is 31.3 Å². The predicted octanol–water partition coefficient (Wildman–Crippen LogP) is 3.43. The highest BCUT2D eigenvalue weighted by Crippen LogP contribution is 2.55. The summed E-state index contributed by atoms with van der Waals surface area (Å²) in [6, 6.07) is 14.6. The Hall–Kier alpha value is -3.18. The van der Waals surface area contributed by atoms with E-state index in [9.17, 15) is 14.9 Å². The number of carbonyl (C=O) groups is 2. The van der Waals surface area contributed by atoms with E-state index < -0.39 is 4.87 Å². The fourth-order valence-electron chi connectivity index (χ4n) is 4.12. The van der Waals surface area contributed by atoms with Gasteiger partial charge in [-0.05, 0) is 49.7 Å². The van der Waals surface area contributed by atoms with Gasteiger partial charge in [-0.3, -0.25) is 9.69 Å². The first-order chi connectivity index (χ1) is 14.9. The highest BCUT2D eigenvalue weighted by Gasteiger charge is 2.59. The number of nitriles is 1. The summed E-state index contributed by atoms with van der Waals surface area (Å²) in [6.45, 7) is 4.59. The third-order valence-corrected chi connectivity index (χ3v) is 6.87. The summed E-state index contributed by atoms with van der Waals surface area (Å²) in [5.74, 6) is 1.14. The van der Waals surface area contributed by atoms with Crippen LogP contribution in [0.25, 0.3) is 0 Å². The molecule has 8 heteroatoms. The topological polar surface area (TPSA) is 85.7 Å². The molecule has 0 bridgehead atoms. The molecule has 2 heterocycles. The van der Waals surface area contributed by atoms with E-state index in [1.54, 1.807) is 29.0 Å². The Morgan fingerprint density at radius 1 is 1.32 bits per heavy atom. The van der Waals surface area contributed by atoms with Gasteiger partial charge in [0, 0.05) is 23.9 Å². The fourth-order valence-corrected chi connectivity index (χ4v) is 5.58. The third kappa shape index (κ3) is 3.49. The third-order valence-electron chi connectivity index (χ3n) is 5.45. The van der Waals surface area contributed by atoms with E-state index in [0.29, 0.717) is 30.2 Å². The van der Waals surface area contributed by atoms with E-state index >= 15 is 0 Å². The van der Waals surface area contributed by atoms with Crippen molar-refractivity contribution < 1.29 is 14.3 Å². The van der Waals surface area contributed by atoms with Gasteiger partial charge in [-0.15, -0.1) is 11.8 Å². The number of anilines is 1. The van der Waals surface area contributed by atoms with E-state index in [1.165, 1.54) is 11.8 Å². The van der Waals surface area contributed by atoms with Gasteiger partial charge in [0.05, 0.1) is 31.0 Å². The maximum Gasteiger partial charge on any atom is 0.319 e. The lowest BCUT2D eigenvalue weighted by atomic mass is 10.1. The molecule has 2 aliphatic heterocycles. The zero-order valence-corrected chi connectivity index (χ0v) is 18.5. The molecule has 1 atom stereocenters. The molecule has 4 rings (SSSR count). The standard InChI is InChI=1S/C23H24N4O3S/c1-15(2)25-22(29)27-9-10-31-23(27)19-12-18(30-3)7-8-20(19)26(21(23)28)14-17-6-4-5-16(11-17)13-24/h4-8,11-12,15H,9-10,14H2,1-3H3,(H,25,29)/t23-/m1/s1. The van der Waals surface area contributed by atoms with Crippen LogP contribution in [0.4, 0.5) is 10.5 Å². The van der Waals surface area contributed by atoms with Crippen LogP contribution in [0.2, 0.25) is 0 Å². The van der Waals surface area contributed by atoms with Crippen LogP contribution >= 0.6 is 11.8 Å². The van der Waals surface area contributed by atoms with E-state index in [1.807, 2.05) is 44.2 Å². The minimum Gasteiger partial charge on any atom is -0.497 e. The lowest BCUT2D eigenvalue weighted by molar-refractivity contribution is -0.123. The number of hydrogen-bond donors (Lipinski definition) is 1. The molecule has 1 saturated heterocycles. The van der Waals surface area contributed by atoms with E-state index in [2.05, 4.69) is 11.4 Å². The van der Waals surface area contributed by atoms with Crippen LogP contribution in [-0.4, -0.2) is 42.3 Å². The molecule has 31 heavy (non-hydrogen) atoms. The highest BCUT2D eigenvalue weighted by atomic mass is 32.2. The zero-order chi connectivity index (χ0) is 22.2. The monoisotopic (exact) mass is 436 g/mol. The molecule has 3 amide bonds. The van der Waals surface area contributed by atoms with Crippen molar-refractivity contribution in [3.8, 4) is 11.8 Å². The number of hydrogen-bond acceptors (Lipinski definition) is 5. The van der Waals surface area contributed by atoms with Crippen LogP contribution in [0.3, 0.4) is 0 Å². The minimum absolute atomic E-state index is 0.0405. The first-order valence-corrected chi connectivity index (χ1v) is 11.1. The molecule has 0 unspecified atom stereocenters. The van der Waals surface area contributed by atoms with Crippen molar-refractivity contribution in [3.63, 3.8) is 0 Å². The smallest absolute Gasteiger partial charge is 0.319 e.